The van der Waals surface area contributed by atoms with E-state index >= 15 is 0 Å². The maximum Gasteiger partial charge on any atom is 0.243 e. The smallest absolute Gasteiger partial charge is 0.223 e. The predicted octanol–water partition coefficient (Wildman–Crippen LogP) is 4.14. The van der Waals surface area contributed by atoms with E-state index in [1.165, 1.54) is 16.4 Å². The quantitative estimate of drug-likeness (QED) is 0.545. The molecular formula is C24H23NO4S2. The number of sulfonamides is 1. The van der Waals surface area contributed by atoms with Crippen molar-refractivity contribution in [3.05, 3.63) is 108 Å². The van der Waals surface area contributed by atoms with Crippen LogP contribution in [0.15, 0.2) is 107 Å². The highest BCUT2D eigenvalue weighted by atomic mass is 32.2. The molecule has 31 heavy (non-hydrogen) atoms. The van der Waals surface area contributed by atoms with Crippen LogP contribution in [0.5, 0.6) is 0 Å². The molecule has 3 aromatic carbocycles. The average Bonchev–Trinajstić information content (AvgIpc) is 3.14. The number of rotatable bonds is 5. The molecule has 0 bridgehead atoms. The zero-order chi connectivity index (χ0) is 22.2. The minimum Gasteiger partial charge on any atom is -0.223 e. The van der Waals surface area contributed by atoms with E-state index < -0.39 is 31.2 Å². The van der Waals surface area contributed by atoms with E-state index in [4.69, 9.17) is 0 Å². The molecule has 0 amide bonds. The van der Waals surface area contributed by atoms with Crippen LogP contribution in [0.1, 0.15) is 17.2 Å². The Balaban J connectivity index is 1.88. The monoisotopic (exact) mass is 453 g/mol. The van der Waals surface area contributed by atoms with Crippen molar-refractivity contribution in [2.45, 2.75) is 28.0 Å². The van der Waals surface area contributed by atoms with Gasteiger partial charge in [-0.15, -0.1) is 0 Å². The van der Waals surface area contributed by atoms with Crippen LogP contribution in [0.25, 0.3) is 0 Å². The van der Waals surface area contributed by atoms with E-state index in [1.807, 2.05) is 13.0 Å². The van der Waals surface area contributed by atoms with Gasteiger partial charge in [0.25, 0.3) is 0 Å². The van der Waals surface area contributed by atoms with E-state index in [2.05, 4.69) is 6.58 Å². The van der Waals surface area contributed by atoms with Crippen molar-refractivity contribution in [2.24, 2.45) is 0 Å². The second-order valence-corrected chi connectivity index (χ2v) is 11.6. The lowest BCUT2D eigenvalue weighted by atomic mass is 10.0. The van der Waals surface area contributed by atoms with E-state index in [1.54, 1.807) is 66.7 Å². The Kier molecular flexibility index (Phi) is 5.60. The van der Waals surface area contributed by atoms with Crippen molar-refractivity contribution in [1.29, 1.82) is 0 Å². The highest BCUT2D eigenvalue weighted by molar-refractivity contribution is 7.92. The fourth-order valence-corrected chi connectivity index (χ4v) is 7.67. The summed E-state index contributed by atoms with van der Waals surface area (Å²) >= 11 is 0. The summed E-state index contributed by atoms with van der Waals surface area (Å²) in [5.41, 5.74) is 1.91. The maximum atomic E-state index is 13.6. The predicted molar refractivity (Wildman–Crippen MR) is 121 cm³/mol. The number of sulfone groups is 1. The molecule has 1 fully saturated rings. The molecule has 2 atom stereocenters. The Morgan fingerprint density at radius 1 is 0.774 bits per heavy atom. The van der Waals surface area contributed by atoms with Gasteiger partial charge in [0.15, 0.2) is 9.84 Å². The molecule has 0 radical (unpaired) electrons. The number of hydrogen-bond acceptors (Lipinski definition) is 4. The summed E-state index contributed by atoms with van der Waals surface area (Å²) in [6, 6.07) is 22.6. The van der Waals surface area contributed by atoms with Gasteiger partial charge in [-0.2, -0.15) is 4.31 Å². The van der Waals surface area contributed by atoms with Crippen LogP contribution in [0.2, 0.25) is 0 Å². The van der Waals surface area contributed by atoms with Gasteiger partial charge in [-0.25, -0.2) is 16.8 Å². The lowest BCUT2D eigenvalue weighted by Gasteiger charge is -2.28. The number of aryl methyl sites for hydroxylation is 1. The maximum absolute atomic E-state index is 13.6. The SMILES string of the molecule is C=C1CN(S(=O)(=O)c2ccc(C)cc2)[C@H](c2ccccc2)[C@H]1S(=O)(=O)c1ccccc1. The summed E-state index contributed by atoms with van der Waals surface area (Å²) in [5, 5.41) is -1.09. The molecule has 0 aromatic heterocycles. The molecule has 5 nitrogen and oxygen atoms in total. The van der Waals surface area contributed by atoms with Crippen molar-refractivity contribution in [1.82, 2.24) is 4.31 Å². The van der Waals surface area contributed by atoms with E-state index in [0.29, 0.717) is 11.1 Å². The minimum atomic E-state index is -3.95. The molecule has 4 rings (SSSR count). The third-order valence-electron chi connectivity index (χ3n) is 5.53. The highest BCUT2D eigenvalue weighted by Crippen LogP contribution is 2.44. The fourth-order valence-electron chi connectivity index (χ4n) is 3.98. The van der Waals surface area contributed by atoms with Gasteiger partial charge in [-0.3, -0.25) is 0 Å². The van der Waals surface area contributed by atoms with E-state index in [9.17, 15) is 16.8 Å². The standard InChI is InChI=1S/C24H23NO4S2/c1-18-13-15-22(16-14-18)31(28,29)25-17-19(2)24(23(25)20-9-5-3-6-10-20)30(26,27)21-11-7-4-8-12-21/h3-16,23-24H,2,17H2,1H3/t23-,24+/m1/s1. The Morgan fingerprint density at radius 3 is 1.90 bits per heavy atom. The first-order valence-corrected chi connectivity index (χ1v) is 12.8. The van der Waals surface area contributed by atoms with Crippen molar-refractivity contribution < 1.29 is 16.8 Å². The van der Waals surface area contributed by atoms with Crippen LogP contribution in [-0.4, -0.2) is 32.9 Å². The Labute approximate surface area is 183 Å². The molecule has 0 spiro atoms. The molecule has 160 valence electrons. The van der Waals surface area contributed by atoms with E-state index in [-0.39, 0.29) is 16.3 Å². The molecule has 1 aliphatic rings. The van der Waals surface area contributed by atoms with Gasteiger partial charge < -0.3 is 0 Å². The number of hydrogen-bond donors (Lipinski definition) is 0. The second kappa shape index (κ2) is 8.07. The number of benzene rings is 3. The third kappa shape index (κ3) is 3.84. The van der Waals surface area contributed by atoms with Crippen molar-refractivity contribution in [3.8, 4) is 0 Å². The van der Waals surface area contributed by atoms with Crippen molar-refractivity contribution >= 4 is 19.9 Å². The fraction of sp³-hybridized carbons (Fsp3) is 0.167. The van der Waals surface area contributed by atoms with Crippen molar-refractivity contribution in [2.75, 3.05) is 6.54 Å². The van der Waals surface area contributed by atoms with Gasteiger partial charge in [-0.1, -0.05) is 72.8 Å². The first kappa shape index (κ1) is 21.5. The molecule has 0 aliphatic carbocycles. The van der Waals surface area contributed by atoms with Gasteiger partial charge in [0, 0.05) is 6.54 Å². The molecule has 3 aromatic rings. The minimum absolute atomic E-state index is 0.0630. The Bertz CT molecular complexity index is 1300. The normalized spacial score (nSPS) is 20.1. The Morgan fingerprint density at radius 2 is 1.32 bits per heavy atom. The molecule has 1 heterocycles. The summed E-state index contributed by atoms with van der Waals surface area (Å²) in [7, 11) is -7.83. The van der Waals surface area contributed by atoms with Gasteiger partial charge >= 0.3 is 0 Å². The summed E-state index contributed by atoms with van der Waals surface area (Å²) in [6.07, 6.45) is 0. The molecule has 1 saturated heterocycles. The van der Waals surface area contributed by atoms with Gasteiger partial charge in [-0.05, 0) is 42.3 Å². The van der Waals surface area contributed by atoms with Crippen LogP contribution < -0.4 is 0 Å². The highest BCUT2D eigenvalue weighted by Gasteiger charge is 2.50. The van der Waals surface area contributed by atoms with Crippen molar-refractivity contribution in [3.63, 3.8) is 0 Å². The van der Waals surface area contributed by atoms with Gasteiger partial charge in [0.05, 0.1) is 15.8 Å². The first-order valence-electron chi connectivity index (χ1n) is 9.83. The lowest BCUT2D eigenvalue weighted by Crippen LogP contribution is -2.36. The summed E-state index contributed by atoms with van der Waals surface area (Å²) < 4.78 is 55.6. The topological polar surface area (TPSA) is 71.5 Å². The molecular weight excluding hydrogens is 430 g/mol. The molecule has 1 aliphatic heterocycles. The van der Waals surface area contributed by atoms with Gasteiger partial charge in [0.2, 0.25) is 10.0 Å². The van der Waals surface area contributed by atoms with Gasteiger partial charge in [0.1, 0.15) is 5.25 Å². The average molecular weight is 454 g/mol. The molecule has 0 N–H and O–H groups in total. The van der Waals surface area contributed by atoms with Crippen LogP contribution in [0.4, 0.5) is 0 Å². The molecule has 0 unspecified atom stereocenters. The van der Waals surface area contributed by atoms with E-state index in [0.717, 1.165) is 5.56 Å². The van der Waals surface area contributed by atoms with Crippen LogP contribution >= 0.6 is 0 Å². The van der Waals surface area contributed by atoms with Crippen LogP contribution in [-0.2, 0) is 19.9 Å². The zero-order valence-electron chi connectivity index (χ0n) is 17.0. The first-order chi connectivity index (χ1) is 14.7. The Hall–Kier alpha value is -2.74. The summed E-state index contributed by atoms with van der Waals surface area (Å²) in [6.45, 7) is 5.80. The third-order valence-corrected chi connectivity index (χ3v) is 9.56. The lowest BCUT2D eigenvalue weighted by molar-refractivity contribution is 0.396. The van der Waals surface area contributed by atoms with Crippen LogP contribution in [0, 0.1) is 6.92 Å². The summed E-state index contributed by atoms with van der Waals surface area (Å²) in [5.74, 6) is 0. The summed E-state index contributed by atoms with van der Waals surface area (Å²) in [4.78, 5) is 0.279. The second-order valence-electron chi connectivity index (χ2n) is 7.66. The zero-order valence-corrected chi connectivity index (χ0v) is 18.7. The van der Waals surface area contributed by atoms with Crippen LogP contribution in [0.3, 0.4) is 0 Å². The number of nitrogens with zero attached hydrogens (tertiary/aromatic N) is 1. The largest absolute Gasteiger partial charge is 0.243 e. The molecule has 7 heteroatoms. The molecule has 0 saturated carbocycles.